The third-order valence-corrected chi connectivity index (χ3v) is 0.650. The summed E-state index contributed by atoms with van der Waals surface area (Å²) >= 11 is 0. The molecule has 0 aliphatic rings. The highest BCUT2D eigenvalue weighted by Crippen LogP contribution is 1.73. The van der Waals surface area contributed by atoms with Crippen molar-refractivity contribution in [3.63, 3.8) is 0 Å². The molecule has 4 heteroatoms. The van der Waals surface area contributed by atoms with Crippen LogP contribution in [0.4, 0.5) is 0 Å². The summed E-state index contributed by atoms with van der Waals surface area (Å²) in [4.78, 5) is 20.3. The second-order valence-corrected chi connectivity index (χ2v) is 1.45. The molecule has 0 aromatic rings. The van der Waals surface area contributed by atoms with E-state index in [2.05, 4.69) is 0 Å². The topological polar surface area (TPSA) is 86.2 Å². The van der Waals surface area contributed by atoms with Crippen LogP contribution in [-0.2, 0) is 9.59 Å². The van der Waals surface area contributed by atoms with Crippen molar-refractivity contribution in [2.75, 3.05) is 0 Å². The van der Waals surface area contributed by atoms with Crippen molar-refractivity contribution in [2.24, 2.45) is 11.5 Å². The van der Waals surface area contributed by atoms with Gasteiger partial charge in [-0.25, -0.2) is 0 Å². The van der Waals surface area contributed by atoms with Crippen LogP contribution in [-0.4, -0.2) is 17.7 Å². The van der Waals surface area contributed by atoms with Crippen LogP contribution in [0.3, 0.4) is 0 Å². The van der Waals surface area contributed by atoms with Crippen LogP contribution >= 0.6 is 0 Å². The molecule has 0 unspecified atom stereocenters. The van der Waals surface area contributed by atoms with Crippen molar-refractivity contribution in [2.45, 2.75) is 13.1 Å². The summed E-state index contributed by atoms with van der Waals surface area (Å²) in [5, 5.41) is 0. The maximum absolute atomic E-state index is 10.2. The first-order valence-corrected chi connectivity index (χ1v) is 2.11. The van der Waals surface area contributed by atoms with Crippen molar-refractivity contribution >= 4 is 11.6 Å². The molecule has 0 heterocycles. The molecule has 46 valence electrons. The molecule has 0 aromatic carbocycles. The van der Waals surface area contributed by atoms with Gasteiger partial charge < -0.3 is 11.5 Å². The van der Waals surface area contributed by atoms with Gasteiger partial charge in [0.1, 0.15) is 6.17 Å². The first kappa shape index (κ1) is 7.26. The molecule has 0 spiro atoms. The van der Waals surface area contributed by atoms with E-state index < -0.39 is 17.7 Å². The monoisotopic (exact) mass is 116 g/mol. The Morgan fingerprint density at radius 3 is 1.75 bits per heavy atom. The Morgan fingerprint density at radius 1 is 1.38 bits per heavy atom. The number of carbonyl (C=O) groups excluding carboxylic acids is 2. The largest absolute Gasteiger partial charge is 0.309 e. The van der Waals surface area contributed by atoms with Gasteiger partial charge in [-0.15, -0.1) is 0 Å². The van der Waals surface area contributed by atoms with E-state index in [0.29, 0.717) is 0 Å². The molecule has 4 N–H and O–H groups in total. The average molecular weight is 116 g/mol. The van der Waals surface area contributed by atoms with Crippen LogP contribution in [0.1, 0.15) is 6.92 Å². The summed E-state index contributed by atoms with van der Waals surface area (Å²) in [5.74, 6) is -1.33. The van der Waals surface area contributed by atoms with E-state index in [1.807, 2.05) is 0 Å². The summed E-state index contributed by atoms with van der Waals surface area (Å²) < 4.78 is 0. The highest BCUT2D eigenvalue weighted by molar-refractivity contribution is 6.37. The molecule has 0 atom stereocenters. The van der Waals surface area contributed by atoms with Gasteiger partial charge in [0.15, 0.2) is 5.78 Å². The molecule has 0 bridgehead atoms. The van der Waals surface area contributed by atoms with Crippen molar-refractivity contribution in [1.82, 2.24) is 0 Å². The molecule has 0 radical (unpaired) electrons. The molecule has 0 rings (SSSR count). The standard InChI is InChI=1S/C4H8N2O2/c1-2(7)3(8)4(5)6/h4H,5-6H2,1H3. The summed E-state index contributed by atoms with van der Waals surface area (Å²) in [7, 11) is 0. The first-order chi connectivity index (χ1) is 3.55. The van der Waals surface area contributed by atoms with Gasteiger partial charge >= 0.3 is 0 Å². The van der Waals surface area contributed by atoms with Crippen LogP contribution in [0.2, 0.25) is 0 Å². The lowest BCUT2D eigenvalue weighted by Gasteiger charge is -1.96. The maximum Gasteiger partial charge on any atom is 0.228 e. The lowest BCUT2D eigenvalue weighted by Crippen LogP contribution is -2.42. The fourth-order valence-electron chi connectivity index (χ4n) is 0.235. The molecule has 4 nitrogen and oxygen atoms in total. The predicted octanol–water partition coefficient (Wildman–Crippen LogP) is -1.61. The van der Waals surface area contributed by atoms with Gasteiger partial charge in [-0.3, -0.25) is 9.59 Å². The van der Waals surface area contributed by atoms with Crippen molar-refractivity contribution in [3.8, 4) is 0 Å². The Kier molecular flexibility index (Phi) is 2.30. The lowest BCUT2D eigenvalue weighted by molar-refractivity contribution is -0.136. The average Bonchev–Trinajstić information content (AvgIpc) is 1.64. The van der Waals surface area contributed by atoms with E-state index in [1.54, 1.807) is 0 Å². The Hall–Kier alpha value is -0.740. The van der Waals surface area contributed by atoms with E-state index in [-0.39, 0.29) is 0 Å². The number of Topliss-reactive ketones (excluding diaryl/α,β-unsaturated/α-hetero) is 2. The van der Waals surface area contributed by atoms with Crippen LogP contribution in [0.15, 0.2) is 0 Å². The van der Waals surface area contributed by atoms with Crippen LogP contribution in [0, 0.1) is 0 Å². The summed E-state index contributed by atoms with van der Waals surface area (Å²) in [6.45, 7) is 1.13. The number of rotatable bonds is 2. The number of hydrogen-bond acceptors (Lipinski definition) is 4. The number of hydrogen-bond donors (Lipinski definition) is 2. The Labute approximate surface area is 46.8 Å². The zero-order valence-corrected chi connectivity index (χ0v) is 4.55. The van der Waals surface area contributed by atoms with Gasteiger partial charge in [0.2, 0.25) is 5.78 Å². The van der Waals surface area contributed by atoms with E-state index >= 15 is 0 Å². The molecule has 0 aromatic heterocycles. The van der Waals surface area contributed by atoms with Crippen molar-refractivity contribution < 1.29 is 9.59 Å². The van der Waals surface area contributed by atoms with Gasteiger partial charge in [0.25, 0.3) is 0 Å². The lowest BCUT2D eigenvalue weighted by atomic mass is 10.2. The van der Waals surface area contributed by atoms with Gasteiger partial charge in [0.05, 0.1) is 0 Å². The van der Waals surface area contributed by atoms with Gasteiger partial charge in [-0.05, 0) is 0 Å². The predicted molar refractivity (Wildman–Crippen MR) is 27.9 cm³/mol. The zero-order chi connectivity index (χ0) is 6.73. The van der Waals surface area contributed by atoms with E-state index in [0.717, 1.165) is 6.92 Å². The smallest absolute Gasteiger partial charge is 0.228 e. The van der Waals surface area contributed by atoms with Crippen LogP contribution < -0.4 is 11.5 Å². The number of ketones is 2. The minimum absolute atomic E-state index is 0.597. The Bertz CT molecular complexity index is 119. The SMILES string of the molecule is CC(=O)C(=O)C(N)N. The highest BCUT2D eigenvalue weighted by Gasteiger charge is 2.11. The van der Waals surface area contributed by atoms with Crippen LogP contribution in [0.5, 0.6) is 0 Å². The Balaban J connectivity index is 3.84. The normalized spacial score (nSPS) is 9.50. The van der Waals surface area contributed by atoms with Crippen molar-refractivity contribution in [1.29, 1.82) is 0 Å². The molecule has 0 saturated carbocycles. The minimum Gasteiger partial charge on any atom is -0.309 e. The molecule has 0 saturated heterocycles. The summed E-state index contributed by atoms with van der Waals surface area (Å²) in [5.41, 5.74) is 9.69. The molecule has 0 aliphatic carbocycles. The van der Waals surface area contributed by atoms with E-state index in [9.17, 15) is 9.59 Å². The quantitative estimate of drug-likeness (QED) is 0.335. The van der Waals surface area contributed by atoms with Crippen molar-refractivity contribution in [3.05, 3.63) is 0 Å². The van der Waals surface area contributed by atoms with E-state index in [4.69, 9.17) is 11.5 Å². The van der Waals surface area contributed by atoms with E-state index in [1.165, 1.54) is 0 Å². The minimum atomic E-state index is -1.15. The van der Waals surface area contributed by atoms with Gasteiger partial charge in [-0.1, -0.05) is 0 Å². The fourth-order valence-corrected chi connectivity index (χ4v) is 0.235. The van der Waals surface area contributed by atoms with Crippen LogP contribution in [0.25, 0.3) is 0 Å². The third kappa shape index (κ3) is 1.81. The highest BCUT2D eigenvalue weighted by atomic mass is 16.2. The summed E-state index contributed by atoms with van der Waals surface area (Å²) in [6, 6.07) is 0. The Morgan fingerprint density at radius 2 is 1.75 bits per heavy atom. The molecule has 8 heavy (non-hydrogen) atoms. The molecule has 0 aliphatic heterocycles. The molecule has 0 amide bonds. The zero-order valence-electron chi connectivity index (χ0n) is 4.55. The number of carbonyl (C=O) groups is 2. The second kappa shape index (κ2) is 2.54. The number of nitrogens with two attached hydrogens (primary N) is 2. The molecule has 0 fully saturated rings. The third-order valence-electron chi connectivity index (χ3n) is 0.650. The van der Waals surface area contributed by atoms with Gasteiger partial charge in [-0.2, -0.15) is 0 Å². The first-order valence-electron chi connectivity index (χ1n) is 2.11. The van der Waals surface area contributed by atoms with Gasteiger partial charge in [0, 0.05) is 6.92 Å². The second-order valence-electron chi connectivity index (χ2n) is 1.45. The fraction of sp³-hybridized carbons (Fsp3) is 0.500. The molecular weight excluding hydrogens is 108 g/mol. The molecular formula is C4H8N2O2. The maximum atomic E-state index is 10.2. The summed E-state index contributed by atoms with van der Waals surface area (Å²) in [6.07, 6.45) is -1.15.